The Hall–Kier alpha value is -4.07. The molecule has 0 saturated carbocycles. The molecule has 36 heavy (non-hydrogen) atoms. The molecule has 0 bridgehead atoms. The average molecular weight is 503 g/mol. The lowest BCUT2D eigenvalue weighted by Crippen LogP contribution is -2.53. The second-order valence-electron chi connectivity index (χ2n) is 8.76. The number of methoxy groups -OCH3 is 1. The Balaban J connectivity index is 3.44. The SMILES string of the molecule is C#Cc1ccccc1C(C(=O)NCC(=O)OC)N(CC)C(=O)C(CCC(N)=O)NC(=O)OC(C)(C)C. The quantitative estimate of drug-likeness (QED) is 0.301. The number of primary amides is 1. The predicted molar refractivity (Wildman–Crippen MR) is 131 cm³/mol. The molecule has 11 heteroatoms. The summed E-state index contributed by atoms with van der Waals surface area (Å²) in [6.45, 7) is 6.19. The molecule has 0 aliphatic heterocycles. The van der Waals surface area contributed by atoms with E-state index in [2.05, 4.69) is 21.3 Å². The summed E-state index contributed by atoms with van der Waals surface area (Å²) in [6, 6.07) is 4.04. The second-order valence-corrected chi connectivity index (χ2v) is 8.76. The molecule has 1 aromatic rings. The van der Waals surface area contributed by atoms with E-state index in [0.29, 0.717) is 11.1 Å². The van der Waals surface area contributed by atoms with Gasteiger partial charge in [0.2, 0.25) is 17.7 Å². The minimum atomic E-state index is -1.25. The topological polar surface area (TPSA) is 157 Å². The fourth-order valence-electron chi connectivity index (χ4n) is 3.31. The van der Waals surface area contributed by atoms with Crippen molar-refractivity contribution < 1.29 is 33.4 Å². The van der Waals surface area contributed by atoms with Crippen LogP contribution < -0.4 is 16.4 Å². The predicted octanol–water partition coefficient (Wildman–Crippen LogP) is 1.01. The number of terminal acetylenes is 1. The Bertz CT molecular complexity index is 1010. The molecule has 0 radical (unpaired) electrons. The van der Waals surface area contributed by atoms with E-state index in [1.807, 2.05) is 0 Å². The number of hydrogen-bond acceptors (Lipinski definition) is 7. The van der Waals surface area contributed by atoms with Crippen molar-refractivity contribution in [2.75, 3.05) is 20.2 Å². The summed E-state index contributed by atoms with van der Waals surface area (Å²) in [6.07, 6.45) is 4.42. The van der Waals surface area contributed by atoms with Gasteiger partial charge < -0.3 is 30.7 Å². The molecule has 0 fully saturated rings. The van der Waals surface area contributed by atoms with E-state index in [4.69, 9.17) is 16.9 Å². The molecule has 2 atom stereocenters. The Labute approximate surface area is 211 Å². The summed E-state index contributed by atoms with van der Waals surface area (Å²) in [4.78, 5) is 63.6. The average Bonchev–Trinajstić information content (AvgIpc) is 2.81. The number of alkyl carbamates (subject to hydrolysis) is 1. The van der Waals surface area contributed by atoms with Gasteiger partial charge in [0, 0.05) is 18.5 Å². The van der Waals surface area contributed by atoms with Crippen LogP contribution in [0.15, 0.2) is 24.3 Å². The Kier molecular flexibility index (Phi) is 11.4. The molecular weight excluding hydrogens is 468 g/mol. The van der Waals surface area contributed by atoms with E-state index in [-0.39, 0.29) is 19.4 Å². The van der Waals surface area contributed by atoms with Crippen molar-refractivity contribution >= 4 is 29.8 Å². The molecular formula is C25H34N4O7. The maximum absolute atomic E-state index is 13.7. The van der Waals surface area contributed by atoms with Crippen LogP contribution in [0, 0.1) is 12.3 Å². The van der Waals surface area contributed by atoms with E-state index < -0.39 is 54.0 Å². The van der Waals surface area contributed by atoms with Gasteiger partial charge in [-0.05, 0) is 45.7 Å². The van der Waals surface area contributed by atoms with Crippen molar-refractivity contribution in [3.63, 3.8) is 0 Å². The van der Waals surface area contributed by atoms with Crippen LogP contribution in [0.1, 0.15) is 57.7 Å². The van der Waals surface area contributed by atoms with Gasteiger partial charge in [-0.1, -0.05) is 24.1 Å². The minimum Gasteiger partial charge on any atom is -0.468 e. The largest absolute Gasteiger partial charge is 0.468 e. The molecule has 0 spiro atoms. The first-order valence-corrected chi connectivity index (χ1v) is 11.3. The molecule has 0 aliphatic carbocycles. The first-order valence-electron chi connectivity index (χ1n) is 11.3. The molecule has 11 nitrogen and oxygen atoms in total. The highest BCUT2D eigenvalue weighted by Crippen LogP contribution is 2.26. The van der Waals surface area contributed by atoms with Gasteiger partial charge in [-0.2, -0.15) is 0 Å². The number of nitrogens with zero attached hydrogens (tertiary/aromatic N) is 1. The van der Waals surface area contributed by atoms with Crippen molar-refractivity contribution in [1.82, 2.24) is 15.5 Å². The standard InChI is InChI=1S/C25H34N4O7/c1-7-16-11-9-10-12-17(16)21(22(32)27-15-20(31)35-6)29(8-2)23(33)18(13-14-19(26)30)28-24(34)36-25(3,4)5/h1,9-12,18,21H,8,13-15H2,2-6H3,(H2,26,30)(H,27,32)(H,28,34). The van der Waals surface area contributed by atoms with E-state index in [1.54, 1.807) is 52.0 Å². The summed E-state index contributed by atoms with van der Waals surface area (Å²) < 4.78 is 9.82. The van der Waals surface area contributed by atoms with Crippen molar-refractivity contribution in [2.45, 2.75) is 58.2 Å². The molecule has 0 aliphatic rings. The van der Waals surface area contributed by atoms with E-state index in [1.165, 1.54) is 12.0 Å². The molecule has 0 heterocycles. The van der Waals surface area contributed by atoms with Gasteiger partial charge in [0.25, 0.3) is 0 Å². The molecule has 196 valence electrons. The summed E-state index contributed by atoms with van der Waals surface area (Å²) in [5.41, 5.74) is 5.12. The lowest BCUT2D eigenvalue weighted by Gasteiger charge is -2.34. The summed E-state index contributed by atoms with van der Waals surface area (Å²) in [7, 11) is 1.17. The smallest absolute Gasteiger partial charge is 0.408 e. The van der Waals surface area contributed by atoms with Gasteiger partial charge >= 0.3 is 12.1 Å². The third-order valence-corrected chi connectivity index (χ3v) is 4.90. The fourth-order valence-corrected chi connectivity index (χ4v) is 3.31. The number of likely N-dealkylation sites (N-methyl/N-ethyl adjacent to an activating group) is 1. The van der Waals surface area contributed by atoms with Crippen molar-refractivity contribution in [2.24, 2.45) is 5.73 Å². The van der Waals surface area contributed by atoms with Crippen LogP contribution in [0.3, 0.4) is 0 Å². The molecule has 0 saturated heterocycles. The van der Waals surface area contributed by atoms with E-state index in [0.717, 1.165) is 0 Å². The number of amides is 4. The maximum Gasteiger partial charge on any atom is 0.408 e. The van der Waals surface area contributed by atoms with E-state index >= 15 is 0 Å². The van der Waals surface area contributed by atoms with Crippen LogP contribution in [0.2, 0.25) is 0 Å². The summed E-state index contributed by atoms with van der Waals surface area (Å²) in [5.74, 6) is -0.232. The fraction of sp³-hybridized carbons (Fsp3) is 0.480. The zero-order valence-corrected chi connectivity index (χ0v) is 21.3. The molecule has 2 unspecified atom stereocenters. The number of carbonyl (C=O) groups is 5. The van der Waals surface area contributed by atoms with Crippen LogP contribution in [0.5, 0.6) is 0 Å². The van der Waals surface area contributed by atoms with Gasteiger partial charge in [-0.25, -0.2) is 4.79 Å². The first-order chi connectivity index (χ1) is 16.8. The number of rotatable bonds is 11. The number of nitrogens with two attached hydrogens (primary N) is 1. The van der Waals surface area contributed by atoms with Crippen LogP contribution in [0.4, 0.5) is 4.79 Å². The Morgan fingerprint density at radius 3 is 2.33 bits per heavy atom. The Morgan fingerprint density at radius 2 is 1.81 bits per heavy atom. The summed E-state index contributed by atoms with van der Waals surface area (Å²) in [5, 5.41) is 4.92. The lowest BCUT2D eigenvalue weighted by molar-refractivity contribution is -0.144. The maximum atomic E-state index is 13.7. The van der Waals surface area contributed by atoms with Gasteiger partial charge in [0.05, 0.1) is 7.11 Å². The third kappa shape index (κ3) is 9.29. The number of ether oxygens (including phenoxy) is 2. The van der Waals surface area contributed by atoms with Crippen LogP contribution in [0.25, 0.3) is 0 Å². The van der Waals surface area contributed by atoms with Gasteiger partial charge in [0.1, 0.15) is 24.2 Å². The monoisotopic (exact) mass is 502 g/mol. The Morgan fingerprint density at radius 1 is 1.17 bits per heavy atom. The minimum absolute atomic E-state index is 0.0249. The lowest BCUT2D eigenvalue weighted by atomic mass is 9.97. The second kappa shape index (κ2) is 13.7. The van der Waals surface area contributed by atoms with Crippen molar-refractivity contribution in [3.05, 3.63) is 35.4 Å². The highest BCUT2D eigenvalue weighted by molar-refractivity contribution is 5.93. The van der Waals surface area contributed by atoms with Crippen molar-refractivity contribution in [1.29, 1.82) is 0 Å². The molecule has 1 aromatic carbocycles. The third-order valence-electron chi connectivity index (χ3n) is 4.90. The van der Waals surface area contributed by atoms with Gasteiger partial charge in [0.15, 0.2) is 0 Å². The zero-order chi connectivity index (χ0) is 27.5. The normalized spacial score (nSPS) is 12.3. The van der Waals surface area contributed by atoms with Gasteiger partial charge in [-0.15, -0.1) is 6.42 Å². The van der Waals surface area contributed by atoms with Crippen LogP contribution in [-0.2, 0) is 28.7 Å². The molecule has 1 rings (SSSR count). The number of hydrogen-bond donors (Lipinski definition) is 3. The van der Waals surface area contributed by atoms with Crippen LogP contribution >= 0.6 is 0 Å². The molecule has 4 N–H and O–H groups in total. The zero-order valence-electron chi connectivity index (χ0n) is 21.3. The number of nitrogens with one attached hydrogen (secondary N) is 2. The number of carbonyl (C=O) groups excluding carboxylic acids is 5. The number of benzene rings is 1. The molecule has 0 aromatic heterocycles. The first kappa shape index (κ1) is 30.0. The highest BCUT2D eigenvalue weighted by Gasteiger charge is 2.36. The molecule has 4 amide bonds. The van der Waals surface area contributed by atoms with Crippen LogP contribution in [-0.4, -0.2) is 66.5 Å². The number of esters is 1. The van der Waals surface area contributed by atoms with Gasteiger partial charge in [-0.3, -0.25) is 19.2 Å². The highest BCUT2D eigenvalue weighted by atomic mass is 16.6. The van der Waals surface area contributed by atoms with E-state index in [9.17, 15) is 24.0 Å². The summed E-state index contributed by atoms with van der Waals surface area (Å²) >= 11 is 0. The van der Waals surface area contributed by atoms with Crippen molar-refractivity contribution in [3.8, 4) is 12.3 Å².